The van der Waals surface area contributed by atoms with Gasteiger partial charge in [0.05, 0.1) is 0 Å². The van der Waals surface area contributed by atoms with Crippen LogP contribution in [-0.4, -0.2) is 0 Å². The standard InChI is InChI=1S/C14H18ClN/c15-12-6-7-13-11(8-12)9-16-14(13)10-4-2-1-3-5-10/h6-8,10,14,16H,1-5,9H2. The monoisotopic (exact) mass is 235 g/mol. The molecule has 1 heterocycles. The summed E-state index contributed by atoms with van der Waals surface area (Å²) in [6.07, 6.45) is 7.02. The normalized spacial score (nSPS) is 25.7. The molecular formula is C14H18ClN. The second-order valence-electron chi connectivity index (χ2n) is 5.10. The highest BCUT2D eigenvalue weighted by atomic mass is 35.5. The zero-order valence-corrected chi connectivity index (χ0v) is 10.3. The molecule has 1 saturated carbocycles. The molecule has 1 nitrogen and oxygen atoms in total. The van der Waals surface area contributed by atoms with E-state index in [9.17, 15) is 0 Å². The second kappa shape index (κ2) is 4.38. The lowest BCUT2D eigenvalue weighted by molar-refractivity contribution is 0.282. The zero-order chi connectivity index (χ0) is 11.0. The van der Waals surface area contributed by atoms with Gasteiger partial charge in [-0.2, -0.15) is 0 Å². The Balaban J connectivity index is 1.84. The van der Waals surface area contributed by atoms with Crippen molar-refractivity contribution in [3.8, 4) is 0 Å². The highest BCUT2D eigenvalue weighted by Crippen LogP contribution is 2.39. The van der Waals surface area contributed by atoms with Crippen molar-refractivity contribution in [1.82, 2.24) is 5.32 Å². The van der Waals surface area contributed by atoms with Gasteiger partial charge in [-0.3, -0.25) is 0 Å². The average molecular weight is 236 g/mol. The van der Waals surface area contributed by atoms with Gasteiger partial charge in [-0.25, -0.2) is 0 Å². The molecule has 1 aromatic rings. The molecule has 16 heavy (non-hydrogen) atoms. The zero-order valence-electron chi connectivity index (χ0n) is 9.51. The number of rotatable bonds is 1. The van der Waals surface area contributed by atoms with Crippen molar-refractivity contribution in [3.05, 3.63) is 34.3 Å². The molecule has 1 fully saturated rings. The summed E-state index contributed by atoms with van der Waals surface area (Å²) >= 11 is 6.03. The van der Waals surface area contributed by atoms with Crippen molar-refractivity contribution < 1.29 is 0 Å². The van der Waals surface area contributed by atoms with E-state index in [-0.39, 0.29) is 0 Å². The Morgan fingerprint density at radius 3 is 2.75 bits per heavy atom. The first kappa shape index (κ1) is 10.6. The highest BCUT2D eigenvalue weighted by Gasteiger charge is 2.30. The molecule has 0 bridgehead atoms. The first-order valence-corrected chi connectivity index (χ1v) is 6.74. The van der Waals surface area contributed by atoms with Crippen molar-refractivity contribution in [2.45, 2.75) is 44.7 Å². The maximum atomic E-state index is 6.03. The summed E-state index contributed by atoms with van der Waals surface area (Å²) in [5.74, 6) is 0.844. The van der Waals surface area contributed by atoms with Crippen LogP contribution in [0, 0.1) is 5.92 Å². The predicted molar refractivity (Wildman–Crippen MR) is 67.6 cm³/mol. The van der Waals surface area contributed by atoms with E-state index in [4.69, 9.17) is 11.6 Å². The molecule has 0 spiro atoms. The summed E-state index contributed by atoms with van der Waals surface area (Å²) in [6.45, 7) is 0.997. The minimum atomic E-state index is 0.590. The fourth-order valence-corrected chi connectivity index (χ4v) is 3.44. The Morgan fingerprint density at radius 2 is 1.94 bits per heavy atom. The summed E-state index contributed by atoms with van der Waals surface area (Å²) in [6, 6.07) is 6.96. The third kappa shape index (κ3) is 1.87. The van der Waals surface area contributed by atoms with Crippen molar-refractivity contribution in [2.75, 3.05) is 0 Å². The van der Waals surface area contributed by atoms with E-state index in [1.807, 2.05) is 6.07 Å². The molecule has 2 heteroatoms. The molecule has 1 N–H and O–H groups in total. The molecule has 3 rings (SSSR count). The topological polar surface area (TPSA) is 12.0 Å². The van der Waals surface area contributed by atoms with E-state index in [2.05, 4.69) is 17.4 Å². The fraction of sp³-hybridized carbons (Fsp3) is 0.571. The molecule has 0 radical (unpaired) electrons. The Morgan fingerprint density at radius 1 is 1.12 bits per heavy atom. The van der Waals surface area contributed by atoms with Crippen LogP contribution < -0.4 is 5.32 Å². The molecule has 1 unspecified atom stereocenters. The van der Waals surface area contributed by atoms with Gasteiger partial charge < -0.3 is 5.32 Å². The molecular weight excluding hydrogens is 218 g/mol. The van der Waals surface area contributed by atoms with Crippen molar-refractivity contribution in [1.29, 1.82) is 0 Å². The maximum Gasteiger partial charge on any atom is 0.0409 e. The maximum absolute atomic E-state index is 6.03. The summed E-state index contributed by atoms with van der Waals surface area (Å²) in [4.78, 5) is 0. The summed E-state index contributed by atoms with van der Waals surface area (Å²) in [5, 5.41) is 4.53. The van der Waals surface area contributed by atoms with E-state index < -0.39 is 0 Å². The van der Waals surface area contributed by atoms with E-state index in [1.165, 1.54) is 43.2 Å². The Hall–Kier alpha value is -0.530. The average Bonchev–Trinajstić information content (AvgIpc) is 2.73. The van der Waals surface area contributed by atoms with Crippen LogP contribution in [-0.2, 0) is 6.54 Å². The highest BCUT2D eigenvalue weighted by molar-refractivity contribution is 6.30. The summed E-state index contributed by atoms with van der Waals surface area (Å²) < 4.78 is 0. The van der Waals surface area contributed by atoms with Crippen molar-refractivity contribution in [2.24, 2.45) is 5.92 Å². The number of halogens is 1. The lowest BCUT2D eigenvalue weighted by Gasteiger charge is -2.28. The van der Waals surface area contributed by atoms with Crippen LogP contribution in [0.4, 0.5) is 0 Å². The molecule has 0 aromatic heterocycles. The second-order valence-corrected chi connectivity index (χ2v) is 5.54. The molecule has 86 valence electrons. The molecule has 1 atom stereocenters. The van der Waals surface area contributed by atoms with Crippen LogP contribution >= 0.6 is 11.6 Å². The number of benzene rings is 1. The van der Waals surface area contributed by atoms with Gasteiger partial charge in [0.25, 0.3) is 0 Å². The van der Waals surface area contributed by atoms with Gasteiger partial charge >= 0.3 is 0 Å². The van der Waals surface area contributed by atoms with Crippen LogP contribution in [0.5, 0.6) is 0 Å². The quantitative estimate of drug-likeness (QED) is 0.774. The number of hydrogen-bond acceptors (Lipinski definition) is 1. The van der Waals surface area contributed by atoms with Crippen molar-refractivity contribution in [3.63, 3.8) is 0 Å². The number of hydrogen-bond donors (Lipinski definition) is 1. The van der Waals surface area contributed by atoms with Crippen LogP contribution in [0.2, 0.25) is 5.02 Å². The van der Waals surface area contributed by atoms with E-state index in [0.717, 1.165) is 17.5 Å². The smallest absolute Gasteiger partial charge is 0.0409 e. The van der Waals surface area contributed by atoms with Crippen LogP contribution in [0.15, 0.2) is 18.2 Å². The molecule has 1 aromatic carbocycles. The van der Waals surface area contributed by atoms with Gasteiger partial charge in [-0.15, -0.1) is 0 Å². The Bertz CT molecular complexity index is 382. The summed E-state index contributed by atoms with van der Waals surface area (Å²) in [7, 11) is 0. The SMILES string of the molecule is Clc1ccc2c(c1)CNC2C1CCCCC1. The summed E-state index contributed by atoms with van der Waals surface area (Å²) in [5.41, 5.74) is 2.90. The molecule has 0 amide bonds. The lowest BCUT2D eigenvalue weighted by Crippen LogP contribution is -2.23. The van der Waals surface area contributed by atoms with Gasteiger partial charge in [-0.1, -0.05) is 36.9 Å². The molecule has 1 aliphatic heterocycles. The van der Waals surface area contributed by atoms with Gasteiger partial charge in [-0.05, 0) is 42.0 Å². The lowest BCUT2D eigenvalue weighted by atomic mass is 9.81. The third-order valence-corrected chi connectivity index (χ3v) is 4.31. The number of nitrogens with one attached hydrogen (secondary N) is 1. The first-order valence-electron chi connectivity index (χ1n) is 6.36. The van der Waals surface area contributed by atoms with Gasteiger partial charge in [0, 0.05) is 17.6 Å². The Kier molecular flexibility index (Phi) is 2.91. The number of fused-ring (bicyclic) bond motifs is 1. The largest absolute Gasteiger partial charge is 0.306 e. The minimum absolute atomic E-state index is 0.590. The molecule has 1 aliphatic carbocycles. The minimum Gasteiger partial charge on any atom is -0.306 e. The van der Waals surface area contributed by atoms with Gasteiger partial charge in [0.15, 0.2) is 0 Å². The van der Waals surface area contributed by atoms with E-state index in [0.29, 0.717) is 6.04 Å². The Labute approximate surface area is 102 Å². The van der Waals surface area contributed by atoms with Gasteiger partial charge in [0.1, 0.15) is 0 Å². The van der Waals surface area contributed by atoms with E-state index in [1.54, 1.807) is 0 Å². The van der Waals surface area contributed by atoms with Crippen LogP contribution in [0.3, 0.4) is 0 Å². The fourth-order valence-electron chi connectivity index (χ4n) is 3.25. The van der Waals surface area contributed by atoms with Crippen LogP contribution in [0.25, 0.3) is 0 Å². The van der Waals surface area contributed by atoms with Gasteiger partial charge in [0.2, 0.25) is 0 Å². The molecule has 2 aliphatic rings. The van der Waals surface area contributed by atoms with E-state index >= 15 is 0 Å². The predicted octanol–water partition coefficient (Wildman–Crippen LogP) is 4.06. The van der Waals surface area contributed by atoms with Crippen molar-refractivity contribution >= 4 is 11.6 Å². The first-order chi connectivity index (χ1) is 7.84. The third-order valence-electron chi connectivity index (χ3n) is 4.07. The van der Waals surface area contributed by atoms with Crippen LogP contribution in [0.1, 0.15) is 49.3 Å². The molecule has 0 saturated heterocycles.